The predicted octanol–water partition coefficient (Wildman–Crippen LogP) is 1.34. The summed E-state index contributed by atoms with van der Waals surface area (Å²) in [7, 11) is -1.63. The minimum Gasteiger partial charge on any atom is -0.339 e. The van der Waals surface area contributed by atoms with Gasteiger partial charge in [0.05, 0.1) is 4.90 Å². The molecule has 2 bridgehead atoms. The van der Waals surface area contributed by atoms with Gasteiger partial charge in [0, 0.05) is 37.3 Å². The standard InChI is InChI=1S/C17H25N3O3S/c1-3-18-24(22,23)16-8-4-12(5-9-16)17(21)20(2)15-10-13-6-7-14(11-15)19-13/h4-5,8-9,13-15,18-19H,3,6-7,10-11H2,1-2H3. The smallest absolute Gasteiger partial charge is 0.253 e. The van der Waals surface area contributed by atoms with Crippen LogP contribution in [0.4, 0.5) is 0 Å². The summed E-state index contributed by atoms with van der Waals surface area (Å²) in [6.07, 6.45) is 4.37. The van der Waals surface area contributed by atoms with Crippen molar-refractivity contribution in [2.45, 2.75) is 55.6 Å². The first kappa shape index (κ1) is 17.4. The van der Waals surface area contributed by atoms with Crippen LogP contribution in [0.2, 0.25) is 0 Å². The molecule has 1 amide bonds. The lowest BCUT2D eigenvalue weighted by Crippen LogP contribution is -2.48. The zero-order valence-corrected chi connectivity index (χ0v) is 15.0. The Hall–Kier alpha value is -1.44. The highest BCUT2D eigenvalue weighted by molar-refractivity contribution is 7.89. The fourth-order valence-corrected chi connectivity index (χ4v) is 4.80. The van der Waals surface area contributed by atoms with Gasteiger partial charge in [0.25, 0.3) is 5.91 Å². The summed E-state index contributed by atoms with van der Waals surface area (Å²) < 4.78 is 26.4. The molecule has 3 rings (SSSR count). The molecule has 6 nitrogen and oxygen atoms in total. The third kappa shape index (κ3) is 3.48. The van der Waals surface area contributed by atoms with Crippen LogP contribution in [0.1, 0.15) is 43.0 Å². The monoisotopic (exact) mass is 351 g/mol. The number of carbonyl (C=O) groups excluding carboxylic acids is 1. The van der Waals surface area contributed by atoms with E-state index in [9.17, 15) is 13.2 Å². The van der Waals surface area contributed by atoms with E-state index >= 15 is 0 Å². The van der Waals surface area contributed by atoms with Gasteiger partial charge in [-0.25, -0.2) is 13.1 Å². The Morgan fingerprint density at radius 1 is 1.21 bits per heavy atom. The van der Waals surface area contributed by atoms with Gasteiger partial charge in [-0.15, -0.1) is 0 Å². The summed E-state index contributed by atoms with van der Waals surface area (Å²) in [5, 5.41) is 3.58. The van der Waals surface area contributed by atoms with E-state index in [2.05, 4.69) is 10.0 Å². The van der Waals surface area contributed by atoms with Gasteiger partial charge >= 0.3 is 0 Å². The van der Waals surface area contributed by atoms with E-state index in [0.717, 1.165) is 12.8 Å². The van der Waals surface area contributed by atoms with Crippen LogP contribution < -0.4 is 10.0 Å². The first-order valence-electron chi connectivity index (χ1n) is 8.53. The van der Waals surface area contributed by atoms with E-state index in [1.165, 1.54) is 25.0 Å². The van der Waals surface area contributed by atoms with Gasteiger partial charge in [-0.3, -0.25) is 4.79 Å². The highest BCUT2D eigenvalue weighted by atomic mass is 32.2. The summed E-state index contributed by atoms with van der Waals surface area (Å²) >= 11 is 0. The summed E-state index contributed by atoms with van der Waals surface area (Å²) in [6, 6.07) is 7.48. The summed E-state index contributed by atoms with van der Waals surface area (Å²) in [4.78, 5) is 14.7. The van der Waals surface area contributed by atoms with E-state index in [1.54, 1.807) is 19.1 Å². The molecule has 132 valence electrons. The maximum atomic E-state index is 12.7. The number of nitrogens with one attached hydrogen (secondary N) is 2. The lowest BCUT2D eigenvalue weighted by atomic mass is 9.98. The molecule has 0 spiro atoms. The van der Waals surface area contributed by atoms with Gasteiger partial charge in [-0.1, -0.05) is 6.92 Å². The Morgan fingerprint density at radius 3 is 2.33 bits per heavy atom. The highest BCUT2D eigenvalue weighted by Crippen LogP contribution is 2.29. The van der Waals surface area contributed by atoms with Crippen molar-refractivity contribution >= 4 is 15.9 Å². The molecule has 7 heteroatoms. The molecule has 2 aliphatic rings. The Morgan fingerprint density at radius 2 is 1.79 bits per heavy atom. The zero-order chi connectivity index (χ0) is 17.3. The molecule has 2 unspecified atom stereocenters. The van der Waals surface area contributed by atoms with Crippen LogP contribution in [0.25, 0.3) is 0 Å². The molecule has 2 saturated heterocycles. The summed E-state index contributed by atoms with van der Waals surface area (Å²) in [5.74, 6) is -0.0475. The number of piperidine rings is 1. The van der Waals surface area contributed by atoms with Crippen LogP contribution in [0, 0.1) is 0 Å². The Bertz CT molecular complexity index is 690. The topological polar surface area (TPSA) is 78.5 Å². The van der Waals surface area contributed by atoms with Gasteiger partial charge in [-0.2, -0.15) is 0 Å². The van der Waals surface area contributed by atoms with Crippen molar-refractivity contribution < 1.29 is 13.2 Å². The van der Waals surface area contributed by atoms with Crippen LogP contribution in [0.3, 0.4) is 0 Å². The molecule has 1 aromatic rings. The van der Waals surface area contributed by atoms with Crippen LogP contribution >= 0.6 is 0 Å². The third-order valence-electron chi connectivity index (χ3n) is 5.06. The van der Waals surface area contributed by atoms with Crippen molar-refractivity contribution in [3.05, 3.63) is 29.8 Å². The van der Waals surface area contributed by atoms with E-state index in [0.29, 0.717) is 24.2 Å². The summed E-state index contributed by atoms with van der Waals surface area (Å²) in [6.45, 7) is 2.07. The molecule has 1 aromatic carbocycles. The average molecular weight is 351 g/mol. The first-order chi connectivity index (χ1) is 11.4. The van der Waals surface area contributed by atoms with Gasteiger partial charge in [0.15, 0.2) is 0 Å². The SMILES string of the molecule is CCNS(=O)(=O)c1ccc(C(=O)N(C)C2CC3CCC(C2)N3)cc1. The quantitative estimate of drug-likeness (QED) is 0.839. The second kappa shape index (κ2) is 6.82. The van der Waals surface area contributed by atoms with E-state index < -0.39 is 10.0 Å². The minimum atomic E-state index is -3.48. The molecule has 2 N–H and O–H groups in total. The van der Waals surface area contributed by atoms with Crippen molar-refractivity contribution in [2.75, 3.05) is 13.6 Å². The maximum Gasteiger partial charge on any atom is 0.253 e. The number of rotatable bonds is 5. The van der Waals surface area contributed by atoms with Crippen molar-refractivity contribution in [2.24, 2.45) is 0 Å². The number of sulfonamides is 1. The Labute approximate surface area is 143 Å². The van der Waals surface area contributed by atoms with E-state index in [4.69, 9.17) is 0 Å². The number of fused-ring (bicyclic) bond motifs is 2. The fourth-order valence-electron chi connectivity index (χ4n) is 3.76. The molecular weight excluding hydrogens is 326 g/mol. The molecule has 2 aliphatic heterocycles. The molecule has 2 atom stereocenters. The van der Waals surface area contributed by atoms with Gasteiger partial charge in [0.2, 0.25) is 10.0 Å². The number of nitrogens with zero attached hydrogens (tertiary/aromatic N) is 1. The molecule has 0 radical (unpaired) electrons. The maximum absolute atomic E-state index is 12.7. The average Bonchev–Trinajstić information content (AvgIpc) is 2.91. The van der Waals surface area contributed by atoms with E-state index in [1.807, 2.05) is 11.9 Å². The summed E-state index contributed by atoms with van der Waals surface area (Å²) in [5.41, 5.74) is 0.527. The van der Waals surface area contributed by atoms with Crippen molar-refractivity contribution in [3.63, 3.8) is 0 Å². The minimum absolute atomic E-state index is 0.0475. The Balaban J connectivity index is 1.71. The normalized spacial score (nSPS) is 26.3. The van der Waals surface area contributed by atoms with E-state index in [-0.39, 0.29) is 16.8 Å². The molecule has 2 heterocycles. The predicted molar refractivity (Wildman–Crippen MR) is 92.4 cm³/mol. The molecular formula is C17H25N3O3S. The second-order valence-corrected chi connectivity index (χ2v) is 8.47. The van der Waals surface area contributed by atoms with Crippen LogP contribution in [-0.4, -0.2) is 50.9 Å². The number of hydrogen-bond acceptors (Lipinski definition) is 4. The van der Waals surface area contributed by atoms with Crippen LogP contribution in [-0.2, 0) is 10.0 Å². The van der Waals surface area contributed by atoms with Crippen LogP contribution in [0.5, 0.6) is 0 Å². The highest BCUT2D eigenvalue weighted by Gasteiger charge is 2.36. The second-order valence-electron chi connectivity index (χ2n) is 6.70. The fraction of sp³-hybridized carbons (Fsp3) is 0.588. The molecule has 24 heavy (non-hydrogen) atoms. The molecule has 2 fully saturated rings. The molecule has 0 aromatic heterocycles. The van der Waals surface area contributed by atoms with Gasteiger partial charge in [0.1, 0.15) is 0 Å². The largest absolute Gasteiger partial charge is 0.339 e. The number of hydrogen-bond donors (Lipinski definition) is 2. The van der Waals surface area contributed by atoms with Gasteiger partial charge in [-0.05, 0) is 49.9 Å². The lowest BCUT2D eigenvalue weighted by molar-refractivity contribution is 0.0681. The van der Waals surface area contributed by atoms with Crippen molar-refractivity contribution in [1.82, 2.24) is 14.9 Å². The first-order valence-corrected chi connectivity index (χ1v) is 10.0. The van der Waals surface area contributed by atoms with Crippen LogP contribution in [0.15, 0.2) is 29.2 Å². The number of amides is 1. The third-order valence-corrected chi connectivity index (χ3v) is 6.62. The van der Waals surface area contributed by atoms with Crippen molar-refractivity contribution in [3.8, 4) is 0 Å². The number of benzene rings is 1. The zero-order valence-electron chi connectivity index (χ0n) is 14.2. The lowest BCUT2D eigenvalue weighted by Gasteiger charge is -2.35. The molecule has 0 aliphatic carbocycles. The van der Waals surface area contributed by atoms with Gasteiger partial charge < -0.3 is 10.2 Å². The number of carbonyl (C=O) groups is 1. The molecule has 0 saturated carbocycles. The van der Waals surface area contributed by atoms with Crippen molar-refractivity contribution in [1.29, 1.82) is 0 Å². The Kier molecular flexibility index (Phi) is 4.94.